The lowest BCUT2D eigenvalue weighted by molar-refractivity contribution is 0.0913. The first-order valence-corrected chi connectivity index (χ1v) is 10.6. The minimum absolute atomic E-state index is 0.253. The first-order chi connectivity index (χ1) is 15.0. The van der Waals surface area contributed by atoms with Crippen molar-refractivity contribution >= 4 is 5.91 Å². The van der Waals surface area contributed by atoms with Gasteiger partial charge in [-0.3, -0.25) is 14.4 Å². The van der Waals surface area contributed by atoms with Gasteiger partial charge in [-0.2, -0.15) is 5.10 Å². The monoisotopic (exact) mass is 423 g/mol. The maximum atomic E-state index is 12.5. The molecule has 1 N–H and O–H groups in total. The zero-order valence-electron chi connectivity index (χ0n) is 18.3. The number of hydrogen-bond acceptors (Lipinski definition) is 6. The van der Waals surface area contributed by atoms with E-state index in [1.807, 2.05) is 42.2 Å². The third-order valence-corrected chi connectivity index (χ3v) is 6.02. The number of nitrogens with zero attached hydrogens (tertiary/aromatic N) is 4. The Hall–Kier alpha value is -3.13. The Labute approximate surface area is 182 Å². The number of carbonyl (C=O) groups excluding carboxylic acids is 1. The van der Waals surface area contributed by atoms with Gasteiger partial charge in [0.2, 0.25) is 5.76 Å². The van der Waals surface area contributed by atoms with E-state index < -0.39 is 0 Å². The van der Waals surface area contributed by atoms with Crippen LogP contribution in [0, 0.1) is 6.92 Å². The Balaban J connectivity index is 1.33. The number of methoxy groups -OCH3 is 1. The number of ether oxygens (including phenoxy) is 1. The first-order valence-electron chi connectivity index (χ1n) is 10.6. The van der Waals surface area contributed by atoms with Crippen molar-refractivity contribution < 1.29 is 14.1 Å². The summed E-state index contributed by atoms with van der Waals surface area (Å²) in [5, 5.41) is 11.4. The van der Waals surface area contributed by atoms with Crippen molar-refractivity contribution in [2.24, 2.45) is 7.05 Å². The van der Waals surface area contributed by atoms with Gasteiger partial charge in [-0.1, -0.05) is 17.3 Å². The highest BCUT2D eigenvalue weighted by atomic mass is 16.5. The number of likely N-dealkylation sites (tertiary alicyclic amines) is 1. The summed E-state index contributed by atoms with van der Waals surface area (Å²) in [6, 6.07) is 9.37. The van der Waals surface area contributed by atoms with Crippen molar-refractivity contribution in [3.05, 3.63) is 64.8 Å². The van der Waals surface area contributed by atoms with Gasteiger partial charge in [-0.15, -0.1) is 0 Å². The van der Waals surface area contributed by atoms with Gasteiger partial charge in [-0.05, 0) is 44.0 Å². The predicted molar refractivity (Wildman–Crippen MR) is 116 cm³/mol. The SMILES string of the molecule is COc1ccc(CNC(=O)c2cc([C@H]3CCCN(Cc4cnn(C)c4C)C3)no2)cc1. The average molecular weight is 424 g/mol. The molecule has 0 radical (unpaired) electrons. The molecule has 0 spiro atoms. The number of hydrogen-bond donors (Lipinski definition) is 1. The molecule has 0 unspecified atom stereocenters. The molecule has 1 aliphatic rings. The molecule has 164 valence electrons. The summed E-state index contributed by atoms with van der Waals surface area (Å²) in [4.78, 5) is 14.9. The van der Waals surface area contributed by atoms with E-state index in [1.165, 1.54) is 11.3 Å². The second-order valence-corrected chi connectivity index (χ2v) is 8.10. The molecule has 1 saturated heterocycles. The van der Waals surface area contributed by atoms with Crippen molar-refractivity contribution in [1.82, 2.24) is 25.2 Å². The molecule has 1 aliphatic heterocycles. The van der Waals surface area contributed by atoms with Crippen LogP contribution in [0.25, 0.3) is 0 Å². The lowest BCUT2D eigenvalue weighted by Crippen LogP contribution is -2.34. The number of aromatic nitrogens is 3. The zero-order chi connectivity index (χ0) is 21.8. The van der Waals surface area contributed by atoms with Gasteiger partial charge in [0.25, 0.3) is 5.91 Å². The third kappa shape index (κ3) is 4.96. The van der Waals surface area contributed by atoms with Crippen LogP contribution in [0.2, 0.25) is 0 Å². The maximum absolute atomic E-state index is 12.5. The zero-order valence-corrected chi connectivity index (χ0v) is 18.3. The van der Waals surface area contributed by atoms with E-state index in [2.05, 4.69) is 27.4 Å². The van der Waals surface area contributed by atoms with Gasteiger partial charge < -0.3 is 14.6 Å². The quantitative estimate of drug-likeness (QED) is 0.629. The van der Waals surface area contributed by atoms with Crippen molar-refractivity contribution in [2.75, 3.05) is 20.2 Å². The van der Waals surface area contributed by atoms with Crippen LogP contribution in [0.15, 0.2) is 41.1 Å². The molecule has 2 aromatic heterocycles. The molecule has 0 aliphatic carbocycles. The Morgan fingerprint density at radius 1 is 1.32 bits per heavy atom. The maximum Gasteiger partial charge on any atom is 0.290 e. The highest BCUT2D eigenvalue weighted by Crippen LogP contribution is 2.28. The molecule has 0 saturated carbocycles. The van der Waals surface area contributed by atoms with E-state index in [-0.39, 0.29) is 17.6 Å². The lowest BCUT2D eigenvalue weighted by atomic mass is 9.94. The number of rotatable bonds is 7. The van der Waals surface area contributed by atoms with Crippen LogP contribution in [-0.4, -0.2) is 45.9 Å². The highest BCUT2D eigenvalue weighted by molar-refractivity contribution is 5.91. The Bertz CT molecular complexity index is 1020. The van der Waals surface area contributed by atoms with Gasteiger partial charge in [0.15, 0.2) is 0 Å². The van der Waals surface area contributed by atoms with E-state index in [9.17, 15) is 4.79 Å². The number of amides is 1. The van der Waals surface area contributed by atoms with Crippen molar-refractivity contribution in [2.45, 2.75) is 38.8 Å². The summed E-state index contributed by atoms with van der Waals surface area (Å²) in [5.74, 6) is 1.05. The number of piperidine rings is 1. The largest absolute Gasteiger partial charge is 0.497 e. The third-order valence-electron chi connectivity index (χ3n) is 6.02. The standard InChI is InChI=1S/C23H29N5O3/c1-16-19(13-25-27(16)2)15-28-10-4-5-18(14-28)21-11-22(31-26-21)23(29)24-12-17-6-8-20(30-3)9-7-17/h6-9,11,13,18H,4-5,10,12,14-15H2,1-3H3,(H,24,29)/t18-/m0/s1. The van der Waals surface area contributed by atoms with Crippen LogP contribution in [-0.2, 0) is 20.1 Å². The molecule has 4 rings (SSSR count). The average Bonchev–Trinajstić information content (AvgIpc) is 3.41. The van der Waals surface area contributed by atoms with Gasteiger partial charge in [0.05, 0.1) is 19.0 Å². The van der Waals surface area contributed by atoms with E-state index in [4.69, 9.17) is 9.26 Å². The van der Waals surface area contributed by atoms with Crippen molar-refractivity contribution in [3.8, 4) is 5.75 Å². The Morgan fingerprint density at radius 2 is 2.13 bits per heavy atom. The molecule has 1 aromatic carbocycles. The van der Waals surface area contributed by atoms with Gasteiger partial charge >= 0.3 is 0 Å². The number of benzene rings is 1. The minimum atomic E-state index is -0.256. The fourth-order valence-corrected chi connectivity index (χ4v) is 3.98. The second kappa shape index (κ2) is 9.34. The molecule has 1 fully saturated rings. The first kappa shape index (κ1) is 21.1. The fourth-order valence-electron chi connectivity index (χ4n) is 3.98. The van der Waals surface area contributed by atoms with Gasteiger partial charge in [-0.25, -0.2) is 0 Å². The normalized spacial score (nSPS) is 16.9. The highest BCUT2D eigenvalue weighted by Gasteiger charge is 2.26. The summed E-state index contributed by atoms with van der Waals surface area (Å²) in [7, 11) is 3.60. The van der Waals surface area contributed by atoms with Crippen LogP contribution in [0.5, 0.6) is 5.75 Å². The summed E-state index contributed by atoms with van der Waals surface area (Å²) in [6.45, 7) is 5.34. The number of nitrogens with one attached hydrogen (secondary N) is 1. The number of carbonyl (C=O) groups is 1. The molecule has 8 nitrogen and oxygen atoms in total. The second-order valence-electron chi connectivity index (χ2n) is 8.10. The van der Waals surface area contributed by atoms with Crippen LogP contribution in [0.4, 0.5) is 0 Å². The summed E-state index contributed by atoms with van der Waals surface area (Å²) >= 11 is 0. The topological polar surface area (TPSA) is 85.4 Å². The van der Waals surface area contributed by atoms with E-state index in [0.29, 0.717) is 6.54 Å². The molecular formula is C23H29N5O3. The van der Waals surface area contributed by atoms with Crippen LogP contribution < -0.4 is 10.1 Å². The lowest BCUT2D eigenvalue weighted by Gasteiger charge is -2.31. The fraction of sp³-hybridized carbons (Fsp3) is 0.435. The number of aryl methyl sites for hydroxylation is 1. The molecule has 1 atom stereocenters. The minimum Gasteiger partial charge on any atom is -0.497 e. The molecular weight excluding hydrogens is 394 g/mol. The van der Waals surface area contributed by atoms with E-state index in [1.54, 1.807) is 13.2 Å². The summed E-state index contributed by atoms with van der Waals surface area (Å²) in [5.41, 5.74) is 4.28. The van der Waals surface area contributed by atoms with E-state index in [0.717, 1.165) is 49.5 Å². The van der Waals surface area contributed by atoms with Crippen molar-refractivity contribution in [1.29, 1.82) is 0 Å². The molecule has 8 heteroatoms. The van der Waals surface area contributed by atoms with Gasteiger partial charge in [0, 0.05) is 49.9 Å². The smallest absolute Gasteiger partial charge is 0.290 e. The molecule has 31 heavy (non-hydrogen) atoms. The Morgan fingerprint density at radius 3 is 2.84 bits per heavy atom. The molecule has 3 aromatic rings. The molecule has 0 bridgehead atoms. The van der Waals surface area contributed by atoms with Crippen LogP contribution in [0.1, 0.15) is 51.8 Å². The van der Waals surface area contributed by atoms with Gasteiger partial charge in [0.1, 0.15) is 5.75 Å². The summed E-state index contributed by atoms with van der Waals surface area (Å²) < 4.78 is 12.4. The Kier molecular flexibility index (Phi) is 6.36. The molecule has 3 heterocycles. The molecule has 1 amide bonds. The van der Waals surface area contributed by atoms with Crippen LogP contribution >= 0.6 is 0 Å². The predicted octanol–water partition coefficient (Wildman–Crippen LogP) is 3.03. The van der Waals surface area contributed by atoms with Crippen molar-refractivity contribution in [3.63, 3.8) is 0 Å². The van der Waals surface area contributed by atoms with Crippen LogP contribution in [0.3, 0.4) is 0 Å². The van der Waals surface area contributed by atoms with E-state index >= 15 is 0 Å². The summed E-state index contributed by atoms with van der Waals surface area (Å²) in [6.07, 6.45) is 4.08.